The smallest absolute Gasteiger partial charge is 0.261 e. The number of rotatable bonds is 8. The molecule has 2 heterocycles. The van der Waals surface area contributed by atoms with Crippen LogP contribution in [-0.2, 0) is 6.54 Å². The summed E-state index contributed by atoms with van der Waals surface area (Å²) in [6, 6.07) is 11.7. The van der Waals surface area contributed by atoms with E-state index >= 15 is 0 Å². The van der Waals surface area contributed by atoms with Crippen LogP contribution in [0.2, 0.25) is 0 Å². The minimum Gasteiger partial charge on any atom is -0.397 e. The van der Waals surface area contributed by atoms with Gasteiger partial charge in [0.2, 0.25) is 0 Å². The number of anilines is 1. The van der Waals surface area contributed by atoms with E-state index in [1.807, 2.05) is 30.3 Å². The predicted molar refractivity (Wildman–Crippen MR) is 137 cm³/mol. The maximum absolute atomic E-state index is 14.8. The Morgan fingerprint density at radius 2 is 2.03 bits per heavy atom. The highest BCUT2D eigenvalue weighted by Gasteiger charge is 2.35. The van der Waals surface area contributed by atoms with E-state index in [0.717, 1.165) is 16.0 Å². The molecule has 0 radical (unpaired) electrons. The fraction of sp³-hybridized carbons (Fsp3) is 0.231. The first kappa shape index (κ1) is 24.7. The van der Waals surface area contributed by atoms with Crippen molar-refractivity contribution in [1.82, 2.24) is 10.3 Å². The molecule has 3 aromatic rings. The Bertz CT molecular complexity index is 1260. The van der Waals surface area contributed by atoms with E-state index in [1.54, 1.807) is 18.3 Å². The molecule has 0 bridgehead atoms. The third-order valence-corrected chi connectivity index (χ3v) is 7.17. The standard InChI is InChI=1S/C26H28FN5O2S/c27-19-6-3-7-22(33)25(19)21(11-20(30)16-10-17(29)14-31-13-16)32-26(34)24-9-8-23(35-24)18-5-2-1-4-15(18)12-28/h1-10,13-14,20-22,25,33H,11-12,28-30H2,(H,32,34). The average molecular weight is 494 g/mol. The zero-order chi connectivity index (χ0) is 24.9. The first-order valence-corrected chi connectivity index (χ1v) is 12.1. The van der Waals surface area contributed by atoms with Gasteiger partial charge < -0.3 is 27.6 Å². The third-order valence-electron chi connectivity index (χ3n) is 6.05. The number of aliphatic hydroxyl groups is 1. The van der Waals surface area contributed by atoms with Gasteiger partial charge in [-0.15, -0.1) is 11.3 Å². The van der Waals surface area contributed by atoms with Crippen molar-refractivity contribution in [2.75, 3.05) is 5.73 Å². The highest BCUT2D eigenvalue weighted by Crippen LogP contribution is 2.33. The molecule has 7 nitrogen and oxygen atoms in total. The predicted octanol–water partition coefficient (Wildman–Crippen LogP) is 3.44. The van der Waals surface area contributed by atoms with Crippen molar-refractivity contribution in [3.63, 3.8) is 0 Å². The minimum atomic E-state index is -1.10. The molecule has 1 aliphatic rings. The normalized spacial score (nSPS) is 19.1. The number of thiophene rings is 1. The number of pyridine rings is 1. The molecule has 2 aromatic heterocycles. The van der Waals surface area contributed by atoms with Crippen molar-refractivity contribution in [3.05, 3.63) is 94.9 Å². The van der Waals surface area contributed by atoms with Crippen molar-refractivity contribution in [1.29, 1.82) is 0 Å². The van der Waals surface area contributed by atoms with Gasteiger partial charge in [-0.25, -0.2) is 4.39 Å². The number of nitrogen functional groups attached to an aromatic ring is 1. The molecule has 9 heteroatoms. The van der Waals surface area contributed by atoms with Crippen molar-refractivity contribution >= 4 is 22.9 Å². The van der Waals surface area contributed by atoms with Crippen molar-refractivity contribution in [3.8, 4) is 10.4 Å². The number of aliphatic hydroxyl groups excluding tert-OH is 1. The zero-order valence-electron chi connectivity index (χ0n) is 19.0. The summed E-state index contributed by atoms with van der Waals surface area (Å²) in [4.78, 5) is 18.7. The van der Waals surface area contributed by atoms with Crippen LogP contribution < -0.4 is 22.5 Å². The fourth-order valence-electron chi connectivity index (χ4n) is 4.25. The van der Waals surface area contributed by atoms with Gasteiger partial charge >= 0.3 is 0 Å². The highest BCUT2D eigenvalue weighted by atomic mass is 32.1. The first-order valence-electron chi connectivity index (χ1n) is 11.2. The van der Waals surface area contributed by atoms with E-state index < -0.39 is 29.9 Å². The summed E-state index contributed by atoms with van der Waals surface area (Å²) >= 11 is 1.32. The van der Waals surface area contributed by atoms with Gasteiger partial charge in [0.25, 0.3) is 5.91 Å². The zero-order valence-corrected chi connectivity index (χ0v) is 19.8. The van der Waals surface area contributed by atoms with Crippen LogP contribution in [0.4, 0.5) is 10.1 Å². The molecule has 182 valence electrons. The number of amides is 1. The molecular weight excluding hydrogens is 465 g/mol. The Kier molecular flexibility index (Phi) is 7.72. The quantitative estimate of drug-likeness (QED) is 0.326. The summed E-state index contributed by atoms with van der Waals surface area (Å²) in [5, 5.41) is 13.4. The summed E-state index contributed by atoms with van der Waals surface area (Å²) in [5.74, 6) is -1.86. The van der Waals surface area contributed by atoms with E-state index in [-0.39, 0.29) is 12.3 Å². The lowest BCUT2D eigenvalue weighted by atomic mass is 9.84. The molecular formula is C26H28FN5O2S. The number of aromatic nitrogens is 1. The SMILES string of the molecule is NCc1ccccc1-c1ccc(C(=O)NC(CC(N)c2cncc(N)c2)C2C(F)=CC=CC2O)s1. The van der Waals surface area contributed by atoms with E-state index in [9.17, 15) is 14.3 Å². The van der Waals surface area contributed by atoms with Crippen LogP contribution in [0.3, 0.4) is 0 Å². The molecule has 0 spiro atoms. The Labute approximate surface area is 207 Å². The van der Waals surface area contributed by atoms with Gasteiger partial charge in [0.15, 0.2) is 0 Å². The highest BCUT2D eigenvalue weighted by molar-refractivity contribution is 7.17. The Morgan fingerprint density at radius 1 is 1.23 bits per heavy atom. The van der Waals surface area contributed by atoms with Crippen molar-refractivity contribution in [2.45, 2.75) is 31.2 Å². The van der Waals surface area contributed by atoms with Crippen LogP contribution in [-0.4, -0.2) is 28.1 Å². The topological polar surface area (TPSA) is 140 Å². The molecule has 1 amide bonds. The van der Waals surface area contributed by atoms with Crippen LogP contribution >= 0.6 is 11.3 Å². The van der Waals surface area contributed by atoms with Crippen LogP contribution in [0.25, 0.3) is 10.4 Å². The molecule has 35 heavy (non-hydrogen) atoms. The maximum atomic E-state index is 14.8. The molecule has 8 N–H and O–H groups in total. The first-order chi connectivity index (χ1) is 16.9. The van der Waals surface area contributed by atoms with Crippen molar-refractivity contribution < 1.29 is 14.3 Å². The van der Waals surface area contributed by atoms with Gasteiger partial charge in [-0.2, -0.15) is 0 Å². The monoisotopic (exact) mass is 493 g/mol. The number of halogens is 1. The molecule has 4 atom stereocenters. The largest absolute Gasteiger partial charge is 0.397 e. The maximum Gasteiger partial charge on any atom is 0.261 e. The van der Waals surface area contributed by atoms with Crippen LogP contribution in [0.1, 0.15) is 33.3 Å². The van der Waals surface area contributed by atoms with Gasteiger partial charge in [-0.3, -0.25) is 9.78 Å². The van der Waals surface area contributed by atoms with E-state index in [2.05, 4.69) is 10.3 Å². The second kappa shape index (κ2) is 10.9. The van der Waals surface area contributed by atoms with Crippen LogP contribution in [0, 0.1) is 5.92 Å². The lowest BCUT2D eigenvalue weighted by molar-refractivity contribution is 0.0857. The summed E-state index contributed by atoms with van der Waals surface area (Å²) < 4.78 is 14.8. The summed E-state index contributed by atoms with van der Waals surface area (Å²) in [6.07, 6.45) is 6.39. The molecule has 0 saturated carbocycles. The number of nitrogens with one attached hydrogen (secondary N) is 1. The van der Waals surface area contributed by atoms with Gasteiger partial charge in [-0.05, 0) is 47.4 Å². The van der Waals surface area contributed by atoms with Crippen LogP contribution in [0.15, 0.2) is 78.9 Å². The lowest BCUT2D eigenvalue weighted by Crippen LogP contribution is -2.46. The number of hydrogen-bond acceptors (Lipinski definition) is 7. The molecule has 0 saturated heterocycles. The summed E-state index contributed by atoms with van der Waals surface area (Å²) in [5.41, 5.74) is 21.1. The molecule has 4 rings (SSSR count). The molecule has 1 aliphatic carbocycles. The van der Waals surface area contributed by atoms with Gasteiger partial charge in [0, 0.05) is 35.9 Å². The van der Waals surface area contributed by atoms with Crippen LogP contribution in [0.5, 0.6) is 0 Å². The number of benzene rings is 1. The Hall–Kier alpha value is -3.37. The molecule has 1 aromatic carbocycles. The molecule has 0 fully saturated rings. The summed E-state index contributed by atoms with van der Waals surface area (Å²) in [6.45, 7) is 0.382. The third kappa shape index (κ3) is 5.66. The van der Waals surface area contributed by atoms with E-state index in [4.69, 9.17) is 17.2 Å². The average Bonchev–Trinajstić information content (AvgIpc) is 3.34. The Morgan fingerprint density at radius 3 is 2.77 bits per heavy atom. The van der Waals surface area contributed by atoms with Crippen molar-refractivity contribution in [2.24, 2.45) is 17.4 Å². The second-order valence-corrected chi connectivity index (χ2v) is 9.54. The molecule has 4 unspecified atom stereocenters. The number of nitrogens with zero attached hydrogens (tertiary/aromatic N) is 1. The number of hydrogen-bond donors (Lipinski definition) is 5. The van der Waals surface area contributed by atoms with Gasteiger partial charge in [0.05, 0.1) is 22.6 Å². The number of allylic oxidation sites excluding steroid dienone is 2. The van der Waals surface area contributed by atoms with E-state index in [1.165, 1.54) is 35.8 Å². The number of nitrogens with two attached hydrogens (primary N) is 3. The number of carbonyl (C=O) groups excluding carboxylic acids is 1. The van der Waals surface area contributed by atoms with Gasteiger partial charge in [0.1, 0.15) is 5.83 Å². The lowest BCUT2D eigenvalue weighted by Gasteiger charge is -2.32. The summed E-state index contributed by atoms with van der Waals surface area (Å²) in [7, 11) is 0. The van der Waals surface area contributed by atoms with Gasteiger partial charge in [-0.1, -0.05) is 36.4 Å². The number of carbonyl (C=O) groups is 1. The minimum absolute atomic E-state index is 0.169. The fourth-order valence-corrected chi connectivity index (χ4v) is 5.22. The molecule has 0 aliphatic heterocycles. The second-order valence-electron chi connectivity index (χ2n) is 8.45. The van der Waals surface area contributed by atoms with E-state index in [0.29, 0.717) is 22.7 Å². The Balaban J connectivity index is 1.58.